The highest BCUT2D eigenvalue weighted by atomic mass is 35.5. The molecule has 11 heteroatoms. The van der Waals surface area contributed by atoms with Crippen LogP contribution in [0.25, 0.3) is 5.00 Å². The molecule has 0 amide bonds. The first-order valence-corrected chi connectivity index (χ1v) is 12.1. The molecular weight excluding hydrogens is 474 g/mol. The molecule has 1 aromatic carbocycles. The molecule has 0 bridgehead atoms. The van der Waals surface area contributed by atoms with E-state index in [1.54, 1.807) is 11.3 Å². The van der Waals surface area contributed by atoms with Gasteiger partial charge in [-0.2, -0.15) is 0 Å². The Morgan fingerprint density at radius 2 is 1.85 bits per heavy atom. The maximum atomic E-state index is 8.95. The second-order valence-electron chi connectivity index (χ2n) is 8.10. The van der Waals surface area contributed by atoms with Crippen LogP contribution in [0.3, 0.4) is 0 Å². The van der Waals surface area contributed by atoms with E-state index >= 15 is 0 Å². The van der Waals surface area contributed by atoms with E-state index in [0.717, 1.165) is 33.5 Å². The number of aliphatic hydroxyl groups excluding tert-OH is 1. The van der Waals surface area contributed by atoms with Crippen molar-refractivity contribution in [3.63, 3.8) is 0 Å². The number of halogens is 1. The lowest BCUT2D eigenvalue weighted by atomic mass is 9.99. The largest absolute Gasteiger partial charge is 0.424 e. The average Bonchev–Trinajstić information content (AvgIpc) is 3.48. The van der Waals surface area contributed by atoms with Crippen molar-refractivity contribution in [2.45, 2.75) is 39.8 Å². The Kier molecular flexibility index (Phi) is 6.30. The predicted molar refractivity (Wildman–Crippen MR) is 130 cm³/mol. The highest BCUT2D eigenvalue weighted by molar-refractivity contribution is 7.15. The van der Waals surface area contributed by atoms with Crippen molar-refractivity contribution in [3.8, 4) is 5.00 Å². The topological polar surface area (TPSA) is 114 Å². The van der Waals surface area contributed by atoms with E-state index in [4.69, 9.17) is 26.1 Å². The van der Waals surface area contributed by atoms with E-state index in [0.29, 0.717) is 36.3 Å². The van der Waals surface area contributed by atoms with Gasteiger partial charge in [0.15, 0.2) is 5.82 Å². The Morgan fingerprint density at radius 3 is 2.62 bits per heavy atom. The molecule has 5 rings (SSSR count). The zero-order chi connectivity index (χ0) is 23.8. The maximum absolute atomic E-state index is 8.95. The monoisotopic (exact) mass is 497 g/mol. The van der Waals surface area contributed by atoms with Crippen molar-refractivity contribution >= 4 is 28.6 Å². The average molecular weight is 498 g/mol. The van der Waals surface area contributed by atoms with Crippen molar-refractivity contribution in [2.24, 2.45) is 4.99 Å². The van der Waals surface area contributed by atoms with Crippen LogP contribution in [0, 0.1) is 20.8 Å². The minimum atomic E-state index is -0.370. The van der Waals surface area contributed by atoms with Gasteiger partial charge in [-0.05, 0) is 38.5 Å². The Labute approximate surface area is 205 Å². The molecule has 9 nitrogen and oxygen atoms in total. The Hall–Kier alpha value is -2.92. The van der Waals surface area contributed by atoms with Gasteiger partial charge in [-0.1, -0.05) is 23.7 Å². The number of hydrogen-bond donors (Lipinski definition) is 2. The molecule has 176 valence electrons. The van der Waals surface area contributed by atoms with Crippen molar-refractivity contribution in [1.29, 1.82) is 0 Å². The minimum absolute atomic E-state index is 0.0449. The summed E-state index contributed by atoms with van der Waals surface area (Å²) in [6, 6.07) is 7.37. The zero-order valence-electron chi connectivity index (χ0n) is 19.0. The van der Waals surface area contributed by atoms with Crippen LogP contribution in [0.15, 0.2) is 33.7 Å². The molecule has 1 aliphatic heterocycles. The van der Waals surface area contributed by atoms with Crippen molar-refractivity contribution in [1.82, 2.24) is 30.3 Å². The summed E-state index contributed by atoms with van der Waals surface area (Å²) in [7, 11) is 0. The number of nitrogens with one attached hydrogen (secondary N) is 1. The summed E-state index contributed by atoms with van der Waals surface area (Å²) in [5.41, 5.74) is 4.12. The van der Waals surface area contributed by atoms with Gasteiger partial charge >= 0.3 is 0 Å². The molecule has 4 aromatic rings. The number of aliphatic imine (C=N–C) groups is 1. The number of benzene rings is 1. The van der Waals surface area contributed by atoms with Gasteiger partial charge in [0.1, 0.15) is 16.9 Å². The van der Waals surface area contributed by atoms with Gasteiger partial charge in [0.05, 0.1) is 25.3 Å². The van der Waals surface area contributed by atoms with Crippen LogP contribution >= 0.6 is 22.9 Å². The van der Waals surface area contributed by atoms with Crippen LogP contribution in [-0.2, 0) is 13.0 Å². The van der Waals surface area contributed by atoms with Crippen molar-refractivity contribution in [2.75, 3.05) is 13.2 Å². The number of fused-ring (bicyclic) bond motifs is 3. The number of rotatable bonds is 7. The van der Waals surface area contributed by atoms with Crippen LogP contribution in [-0.4, -0.2) is 48.9 Å². The van der Waals surface area contributed by atoms with E-state index in [1.165, 1.54) is 10.4 Å². The third-order valence-corrected chi connectivity index (χ3v) is 7.24. The van der Waals surface area contributed by atoms with Crippen LogP contribution in [0.4, 0.5) is 0 Å². The first-order chi connectivity index (χ1) is 16.5. The van der Waals surface area contributed by atoms with Gasteiger partial charge in [-0.25, -0.2) is 0 Å². The quantitative estimate of drug-likeness (QED) is 0.375. The second kappa shape index (κ2) is 9.38. The molecule has 0 radical (unpaired) electrons. The Balaban J connectivity index is 1.60. The molecule has 34 heavy (non-hydrogen) atoms. The van der Waals surface area contributed by atoms with Crippen molar-refractivity contribution in [3.05, 3.63) is 74.3 Å². The fourth-order valence-electron chi connectivity index (χ4n) is 4.01. The smallest absolute Gasteiger partial charge is 0.230 e. The molecule has 1 atom stereocenters. The highest BCUT2D eigenvalue weighted by Crippen LogP contribution is 2.39. The van der Waals surface area contributed by atoms with Crippen LogP contribution in [0.5, 0.6) is 0 Å². The van der Waals surface area contributed by atoms with E-state index in [1.807, 2.05) is 31.2 Å². The van der Waals surface area contributed by atoms with Crippen LogP contribution < -0.4 is 5.32 Å². The standard InChI is InChI=1S/C23H24ClN7O2S/c1-12-13(2)34-23-20(12)21(15-4-6-16(24)7-5-15)26-17(22-30-27-14(3)31(22)23)10-18-28-29-19(33-18)11-25-8-9-32/h4-7,17,25,32H,8-11H2,1-3H3/t17-/m0/s1. The van der Waals surface area contributed by atoms with Crippen molar-refractivity contribution < 1.29 is 9.52 Å². The van der Waals surface area contributed by atoms with Gasteiger partial charge in [0.25, 0.3) is 0 Å². The van der Waals surface area contributed by atoms with Gasteiger partial charge in [-0.15, -0.1) is 31.7 Å². The summed E-state index contributed by atoms with van der Waals surface area (Å²) in [4.78, 5) is 6.43. The number of aromatic nitrogens is 5. The van der Waals surface area contributed by atoms with E-state index < -0.39 is 0 Å². The third kappa shape index (κ3) is 4.18. The Morgan fingerprint density at radius 1 is 1.09 bits per heavy atom. The summed E-state index contributed by atoms with van der Waals surface area (Å²) in [6.45, 7) is 7.09. The van der Waals surface area contributed by atoms with Gasteiger partial charge < -0.3 is 14.8 Å². The second-order valence-corrected chi connectivity index (χ2v) is 9.74. The summed E-state index contributed by atoms with van der Waals surface area (Å²) in [5.74, 6) is 2.47. The molecule has 2 N–H and O–H groups in total. The molecule has 4 heterocycles. The number of hydrogen-bond acceptors (Lipinski definition) is 9. The molecule has 3 aromatic heterocycles. The number of aryl methyl sites for hydroxylation is 2. The minimum Gasteiger partial charge on any atom is -0.424 e. The molecule has 0 spiro atoms. The highest BCUT2D eigenvalue weighted by Gasteiger charge is 2.32. The Bertz CT molecular complexity index is 1360. The first-order valence-electron chi connectivity index (χ1n) is 11.0. The lowest BCUT2D eigenvalue weighted by Gasteiger charge is -2.11. The molecule has 0 fully saturated rings. The van der Waals surface area contributed by atoms with Crippen LogP contribution in [0.1, 0.15) is 51.0 Å². The lowest BCUT2D eigenvalue weighted by Crippen LogP contribution is -2.17. The normalized spacial score (nSPS) is 15.1. The van der Waals surface area contributed by atoms with E-state index in [-0.39, 0.29) is 12.6 Å². The first kappa shape index (κ1) is 22.9. The van der Waals surface area contributed by atoms with Gasteiger partial charge in [0.2, 0.25) is 11.8 Å². The fraction of sp³-hybridized carbons (Fsp3) is 0.348. The predicted octanol–water partition coefficient (Wildman–Crippen LogP) is 3.51. The van der Waals surface area contributed by atoms with Gasteiger partial charge in [0, 0.05) is 27.6 Å². The third-order valence-electron chi connectivity index (χ3n) is 5.80. The van der Waals surface area contributed by atoms with Gasteiger partial charge in [-0.3, -0.25) is 9.56 Å². The SMILES string of the molecule is Cc1sc2c(c1C)C(c1ccc(Cl)cc1)=N[C@@H](Cc1nnc(CNCCO)o1)c1nnc(C)n1-2. The number of aliphatic hydroxyl groups is 1. The number of nitrogens with zero attached hydrogens (tertiary/aromatic N) is 6. The summed E-state index contributed by atoms with van der Waals surface area (Å²) in [6.07, 6.45) is 0.384. The summed E-state index contributed by atoms with van der Waals surface area (Å²) < 4.78 is 7.94. The maximum Gasteiger partial charge on any atom is 0.230 e. The van der Waals surface area contributed by atoms with E-state index in [9.17, 15) is 0 Å². The molecule has 1 aliphatic rings. The summed E-state index contributed by atoms with van der Waals surface area (Å²) in [5, 5.41) is 30.9. The number of thiophene rings is 1. The lowest BCUT2D eigenvalue weighted by molar-refractivity contribution is 0.288. The molecule has 0 aliphatic carbocycles. The molecule has 0 saturated carbocycles. The zero-order valence-corrected chi connectivity index (χ0v) is 20.6. The summed E-state index contributed by atoms with van der Waals surface area (Å²) >= 11 is 7.88. The molecule has 0 saturated heterocycles. The van der Waals surface area contributed by atoms with E-state index in [2.05, 4.69) is 44.1 Å². The van der Waals surface area contributed by atoms with Crippen LogP contribution in [0.2, 0.25) is 5.02 Å². The molecular formula is C23H24ClN7O2S. The fourth-order valence-corrected chi connectivity index (χ4v) is 5.35. The molecule has 0 unspecified atom stereocenters.